The van der Waals surface area contributed by atoms with Gasteiger partial charge in [0.25, 0.3) is 0 Å². The van der Waals surface area contributed by atoms with Crippen LogP contribution in [-0.2, 0) is 0 Å². The summed E-state index contributed by atoms with van der Waals surface area (Å²) in [5, 5.41) is 6.51. The summed E-state index contributed by atoms with van der Waals surface area (Å²) in [4.78, 5) is 8.51. The highest BCUT2D eigenvalue weighted by Crippen LogP contribution is 2.28. The van der Waals surface area contributed by atoms with Crippen LogP contribution in [0.2, 0.25) is 0 Å². The van der Waals surface area contributed by atoms with Crippen molar-refractivity contribution < 1.29 is 0 Å². The standard InChI is InChI=1S/C19H21N5/c1-12-4-6-15(7-5-12)23-18-17(20)19(22-11-21-18)24-16-9-13(2)8-14(3)10-16/h4-11H,20H2,1-3H3,(H2,21,22,23,24). The third kappa shape index (κ3) is 3.63. The molecule has 0 amide bonds. The molecule has 0 aliphatic carbocycles. The second-order valence-electron chi connectivity index (χ2n) is 5.98. The van der Waals surface area contributed by atoms with Gasteiger partial charge in [0.15, 0.2) is 11.6 Å². The fraction of sp³-hybridized carbons (Fsp3) is 0.158. The molecule has 0 spiro atoms. The van der Waals surface area contributed by atoms with Gasteiger partial charge >= 0.3 is 0 Å². The lowest BCUT2D eigenvalue weighted by Gasteiger charge is -2.13. The van der Waals surface area contributed by atoms with E-state index in [1.807, 2.05) is 24.3 Å². The molecule has 0 aliphatic rings. The summed E-state index contributed by atoms with van der Waals surface area (Å²) < 4.78 is 0. The van der Waals surface area contributed by atoms with Crippen LogP contribution in [0.5, 0.6) is 0 Å². The van der Waals surface area contributed by atoms with Gasteiger partial charge in [-0.1, -0.05) is 23.8 Å². The second-order valence-corrected chi connectivity index (χ2v) is 5.98. The summed E-state index contributed by atoms with van der Waals surface area (Å²) in [6.45, 7) is 6.17. The Morgan fingerprint density at radius 2 is 1.25 bits per heavy atom. The molecule has 4 N–H and O–H groups in total. The molecule has 5 heteroatoms. The monoisotopic (exact) mass is 319 g/mol. The molecular formula is C19H21N5. The van der Waals surface area contributed by atoms with Crippen LogP contribution in [0.3, 0.4) is 0 Å². The third-order valence-corrected chi connectivity index (χ3v) is 3.68. The molecule has 2 aromatic carbocycles. The highest BCUT2D eigenvalue weighted by Gasteiger charge is 2.09. The summed E-state index contributed by atoms with van der Waals surface area (Å²) in [5.74, 6) is 1.17. The maximum atomic E-state index is 6.24. The van der Waals surface area contributed by atoms with Crippen molar-refractivity contribution >= 4 is 28.7 Å². The number of nitrogens with one attached hydrogen (secondary N) is 2. The van der Waals surface area contributed by atoms with E-state index in [0.29, 0.717) is 17.3 Å². The molecule has 0 unspecified atom stereocenters. The minimum Gasteiger partial charge on any atom is -0.393 e. The van der Waals surface area contributed by atoms with Gasteiger partial charge in [0.05, 0.1) is 0 Å². The summed E-state index contributed by atoms with van der Waals surface area (Å²) in [6, 6.07) is 14.3. The zero-order valence-electron chi connectivity index (χ0n) is 14.1. The molecule has 3 aromatic rings. The fourth-order valence-corrected chi connectivity index (χ4v) is 2.55. The minimum absolute atomic E-state index is 0.484. The van der Waals surface area contributed by atoms with E-state index in [0.717, 1.165) is 11.4 Å². The average molecular weight is 319 g/mol. The number of hydrogen-bond acceptors (Lipinski definition) is 5. The van der Waals surface area contributed by atoms with Crippen LogP contribution < -0.4 is 16.4 Å². The van der Waals surface area contributed by atoms with Crippen LogP contribution in [0.1, 0.15) is 16.7 Å². The van der Waals surface area contributed by atoms with Gasteiger partial charge in [-0.2, -0.15) is 0 Å². The number of nitrogen functional groups attached to an aromatic ring is 1. The van der Waals surface area contributed by atoms with Crippen LogP contribution in [0, 0.1) is 20.8 Å². The molecule has 0 radical (unpaired) electrons. The topological polar surface area (TPSA) is 75.9 Å². The fourth-order valence-electron chi connectivity index (χ4n) is 2.55. The number of anilines is 5. The zero-order chi connectivity index (χ0) is 17.1. The lowest BCUT2D eigenvalue weighted by atomic mass is 10.1. The second kappa shape index (κ2) is 6.58. The predicted molar refractivity (Wildman–Crippen MR) is 100 cm³/mol. The summed E-state index contributed by atoms with van der Waals surface area (Å²) >= 11 is 0. The van der Waals surface area contributed by atoms with Crippen molar-refractivity contribution in [1.29, 1.82) is 0 Å². The smallest absolute Gasteiger partial charge is 0.159 e. The third-order valence-electron chi connectivity index (χ3n) is 3.68. The molecule has 0 saturated carbocycles. The molecule has 3 rings (SSSR count). The molecule has 24 heavy (non-hydrogen) atoms. The van der Waals surface area contributed by atoms with Gasteiger partial charge in [-0.3, -0.25) is 0 Å². The van der Waals surface area contributed by atoms with Gasteiger partial charge < -0.3 is 16.4 Å². The first kappa shape index (κ1) is 15.8. The summed E-state index contributed by atoms with van der Waals surface area (Å²) in [7, 11) is 0. The number of rotatable bonds is 4. The van der Waals surface area contributed by atoms with E-state index in [1.54, 1.807) is 0 Å². The Morgan fingerprint density at radius 3 is 1.83 bits per heavy atom. The average Bonchev–Trinajstić information content (AvgIpc) is 2.52. The van der Waals surface area contributed by atoms with Crippen molar-refractivity contribution in [2.45, 2.75) is 20.8 Å². The normalized spacial score (nSPS) is 10.5. The highest BCUT2D eigenvalue weighted by atomic mass is 15.1. The number of nitrogens with zero attached hydrogens (tertiary/aromatic N) is 2. The minimum atomic E-state index is 0.484. The van der Waals surface area contributed by atoms with Crippen LogP contribution in [0.25, 0.3) is 0 Å². The molecule has 1 aromatic heterocycles. The lowest BCUT2D eigenvalue weighted by molar-refractivity contribution is 1.17. The van der Waals surface area contributed by atoms with E-state index in [1.165, 1.54) is 23.0 Å². The maximum Gasteiger partial charge on any atom is 0.159 e. The van der Waals surface area contributed by atoms with E-state index >= 15 is 0 Å². The van der Waals surface area contributed by atoms with Crippen molar-refractivity contribution in [2.75, 3.05) is 16.4 Å². The summed E-state index contributed by atoms with van der Waals surface area (Å²) in [5.41, 5.74) is 12.2. The van der Waals surface area contributed by atoms with Crippen LogP contribution in [0.15, 0.2) is 48.8 Å². The number of aromatic nitrogens is 2. The van der Waals surface area contributed by atoms with E-state index in [9.17, 15) is 0 Å². The van der Waals surface area contributed by atoms with Gasteiger partial charge in [0, 0.05) is 11.4 Å². The Balaban J connectivity index is 1.86. The van der Waals surface area contributed by atoms with Gasteiger partial charge in [0.2, 0.25) is 0 Å². The molecule has 0 fully saturated rings. The van der Waals surface area contributed by atoms with E-state index in [4.69, 9.17) is 5.73 Å². The van der Waals surface area contributed by atoms with Crippen LogP contribution in [0.4, 0.5) is 28.7 Å². The lowest BCUT2D eigenvalue weighted by Crippen LogP contribution is -2.05. The SMILES string of the molecule is Cc1ccc(Nc2ncnc(Nc3cc(C)cc(C)c3)c2N)cc1. The van der Waals surface area contributed by atoms with Gasteiger partial charge in [0.1, 0.15) is 12.0 Å². The first-order chi connectivity index (χ1) is 11.5. The van der Waals surface area contributed by atoms with Crippen LogP contribution in [-0.4, -0.2) is 9.97 Å². The van der Waals surface area contributed by atoms with Crippen molar-refractivity contribution in [2.24, 2.45) is 0 Å². The van der Waals surface area contributed by atoms with Crippen molar-refractivity contribution in [3.8, 4) is 0 Å². The van der Waals surface area contributed by atoms with Gasteiger partial charge in [-0.25, -0.2) is 9.97 Å². The van der Waals surface area contributed by atoms with Crippen molar-refractivity contribution in [3.05, 3.63) is 65.5 Å². The first-order valence-corrected chi connectivity index (χ1v) is 7.81. The van der Waals surface area contributed by atoms with Gasteiger partial charge in [-0.15, -0.1) is 0 Å². The quantitative estimate of drug-likeness (QED) is 0.661. The van der Waals surface area contributed by atoms with Crippen LogP contribution >= 0.6 is 0 Å². The molecule has 1 heterocycles. The van der Waals surface area contributed by atoms with Gasteiger partial charge in [-0.05, 0) is 56.2 Å². The van der Waals surface area contributed by atoms with Crippen molar-refractivity contribution in [1.82, 2.24) is 9.97 Å². The van der Waals surface area contributed by atoms with E-state index in [2.05, 4.69) is 59.6 Å². The number of benzene rings is 2. The predicted octanol–water partition coefficient (Wildman–Crippen LogP) is 4.47. The maximum absolute atomic E-state index is 6.24. The highest BCUT2D eigenvalue weighted by molar-refractivity contribution is 5.80. The van der Waals surface area contributed by atoms with E-state index in [-0.39, 0.29) is 0 Å². The Kier molecular flexibility index (Phi) is 4.33. The zero-order valence-corrected chi connectivity index (χ0v) is 14.1. The molecule has 0 saturated heterocycles. The van der Waals surface area contributed by atoms with E-state index < -0.39 is 0 Å². The molecule has 0 bridgehead atoms. The molecule has 0 aliphatic heterocycles. The molecule has 5 nitrogen and oxygen atoms in total. The number of aryl methyl sites for hydroxylation is 3. The number of nitrogens with two attached hydrogens (primary N) is 1. The Morgan fingerprint density at radius 1 is 0.708 bits per heavy atom. The molecule has 122 valence electrons. The largest absolute Gasteiger partial charge is 0.393 e. The Hall–Kier alpha value is -3.08. The Labute approximate surface area is 142 Å². The molecule has 0 atom stereocenters. The first-order valence-electron chi connectivity index (χ1n) is 7.81. The van der Waals surface area contributed by atoms with Crippen molar-refractivity contribution in [3.63, 3.8) is 0 Å². The summed E-state index contributed by atoms with van der Waals surface area (Å²) in [6.07, 6.45) is 1.50. The molecular weight excluding hydrogens is 298 g/mol. The number of hydrogen-bond donors (Lipinski definition) is 3. The Bertz CT molecular complexity index is 836.